The van der Waals surface area contributed by atoms with Crippen LogP contribution in [0.15, 0.2) is 46.9 Å². The van der Waals surface area contributed by atoms with Crippen LogP contribution < -0.4 is 0 Å². The first-order chi connectivity index (χ1) is 12.0. The third-order valence-electron chi connectivity index (χ3n) is 4.92. The van der Waals surface area contributed by atoms with Crippen LogP contribution in [0.4, 0.5) is 0 Å². The predicted molar refractivity (Wildman–Crippen MR) is 104 cm³/mol. The molecule has 1 saturated heterocycles. The van der Waals surface area contributed by atoms with E-state index in [-0.39, 0.29) is 6.04 Å². The van der Waals surface area contributed by atoms with Crippen LogP contribution in [0.5, 0.6) is 0 Å². The average molecular weight is 402 g/mol. The van der Waals surface area contributed by atoms with Gasteiger partial charge in [0.25, 0.3) is 0 Å². The highest BCUT2D eigenvalue weighted by Crippen LogP contribution is 2.38. The maximum absolute atomic E-state index is 11.9. The van der Waals surface area contributed by atoms with Gasteiger partial charge in [0.1, 0.15) is 6.04 Å². The zero-order chi connectivity index (χ0) is 18.0. The molecule has 0 amide bonds. The van der Waals surface area contributed by atoms with Crippen molar-refractivity contribution in [2.24, 2.45) is 0 Å². The van der Waals surface area contributed by atoms with Crippen molar-refractivity contribution in [3.63, 3.8) is 0 Å². The summed E-state index contributed by atoms with van der Waals surface area (Å²) in [6, 6.07) is 14.2. The summed E-state index contributed by atoms with van der Waals surface area (Å²) >= 11 is 3.68. The number of halogens is 1. The number of hydrogen-bond donors (Lipinski definition) is 1. The van der Waals surface area contributed by atoms with Crippen LogP contribution in [0, 0.1) is 13.8 Å². The van der Waals surface area contributed by atoms with E-state index in [1.807, 2.05) is 18.2 Å². The smallest absolute Gasteiger partial charge is 0.320 e. The Morgan fingerprint density at radius 2 is 1.84 bits per heavy atom. The van der Waals surface area contributed by atoms with Gasteiger partial charge in [0.2, 0.25) is 0 Å². The monoisotopic (exact) mass is 401 g/mol. The van der Waals surface area contributed by atoms with Crippen LogP contribution >= 0.6 is 15.9 Å². The Balaban J connectivity index is 2.14. The van der Waals surface area contributed by atoms with E-state index in [2.05, 4.69) is 58.9 Å². The van der Waals surface area contributed by atoms with Crippen molar-refractivity contribution in [1.82, 2.24) is 4.90 Å². The van der Waals surface area contributed by atoms with Crippen molar-refractivity contribution in [3.8, 4) is 0 Å². The van der Waals surface area contributed by atoms with Crippen LogP contribution in [0.3, 0.4) is 0 Å². The van der Waals surface area contributed by atoms with E-state index in [4.69, 9.17) is 0 Å². The minimum absolute atomic E-state index is 0.0597. The van der Waals surface area contributed by atoms with Gasteiger partial charge in [-0.1, -0.05) is 69.9 Å². The zero-order valence-electron chi connectivity index (χ0n) is 14.7. The summed E-state index contributed by atoms with van der Waals surface area (Å²) in [5.41, 5.74) is 4.70. The zero-order valence-corrected chi connectivity index (χ0v) is 16.3. The van der Waals surface area contributed by atoms with Gasteiger partial charge in [-0.25, -0.2) is 0 Å². The predicted octanol–water partition coefficient (Wildman–Crippen LogP) is 5.09. The van der Waals surface area contributed by atoms with Crippen LogP contribution in [0.2, 0.25) is 0 Å². The van der Waals surface area contributed by atoms with Gasteiger partial charge < -0.3 is 5.11 Å². The number of carboxylic acids is 1. The van der Waals surface area contributed by atoms with Crippen molar-refractivity contribution in [2.45, 2.75) is 45.2 Å². The lowest BCUT2D eigenvalue weighted by atomic mass is 9.90. The minimum Gasteiger partial charge on any atom is -0.480 e. The Labute approximate surface area is 157 Å². The van der Waals surface area contributed by atoms with Gasteiger partial charge in [-0.3, -0.25) is 9.69 Å². The van der Waals surface area contributed by atoms with E-state index < -0.39 is 12.0 Å². The summed E-state index contributed by atoms with van der Waals surface area (Å²) in [7, 11) is 0. The highest BCUT2D eigenvalue weighted by atomic mass is 79.9. The quantitative estimate of drug-likeness (QED) is 0.774. The van der Waals surface area contributed by atoms with Crippen LogP contribution in [0.25, 0.3) is 0 Å². The van der Waals surface area contributed by atoms with E-state index in [9.17, 15) is 9.90 Å². The first kappa shape index (κ1) is 18.2. The Bertz CT molecular complexity index is 754. The molecule has 25 heavy (non-hydrogen) atoms. The largest absolute Gasteiger partial charge is 0.480 e. The lowest BCUT2D eigenvalue weighted by Crippen LogP contribution is -2.47. The van der Waals surface area contributed by atoms with Gasteiger partial charge in [-0.15, -0.1) is 0 Å². The Hall–Kier alpha value is -1.65. The number of hydrogen-bond acceptors (Lipinski definition) is 2. The van der Waals surface area contributed by atoms with Gasteiger partial charge >= 0.3 is 5.97 Å². The van der Waals surface area contributed by atoms with Gasteiger partial charge in [-0.2, -0.15) is 0 Å². The summed E-state index contributed by atoms with van der Waals surface area (Å²) < 4.78 is 1.02. The number of nitrogens with zero attached hydrogens (tertiary/aromatic N) is 1. The molecule has 2 unspecified atom stereocenters. The number of aliphatic carboxylic acids is 1. The molecule has 1 aliphatic heterocycles. The third-order valence-corrected chi connectivity index (χ3v) is 5.64. The van der Waals surface area contributed by atoms with E-state index in [0.717, 1.165) is 35.0 Å². The average Bonchev–Trinajstić information content (AvgIpc) is 2.56. The molecule has 2 aromatic rings. The topological polar surface area (TPSA) is 40.5 Å². The maximum Gasteiger partial charge on any atom is 0.320 e. The second-order valence-corrected chi connectivity index (χ2v) is 7.79. The lowest BCUT2D eigenvalue weighted by molar-refractivity contribution is -0.145. The molecule has 132 valence electrons. The van der Waals surface area contributed by atoms with E-state index in [0.29, 0.717) is 6.42 Å². The molecule has 0 saturated carbocycles. The fourth-order valence-electron chi connectivity index (χ4n) is 3.94. The van der Waals surface area contributed by atoms with E-state index in [1.54, 1.807) is 0 Å². The number of rotatable bonds is 4. The second kappa shape index (κ2) is 7.71. The van der Waals surface area contributed by atoms with Gasteiger partial charge in [-0.05, 0) is 50.4 Å². The van der Waals surface area contributed by atoms with Crippen molar-refractivity contribution >= 4 is 21.9 Å². The molecule has 2 aromatic carbocycles. The summed E-state index contributed by atoms with van der Waals surface area (Å²) in [6.07, 6.45) is 2.72. The lowest BCUT2D eigenvalue weighted by Gasteiger charge is -2.40. The van der Waals surface area contributed by atoms with Gasteiger partial charge in [0.15, 0.2) is 0 Å². The van der Waals surface area contributed by atoms with E-state index in [1.165, 1.54) is 11.1 Å². The Kier molecular flexibility index (Phi) is 5.60. The molecule has 0 radical (unpaired) electrons. The number of likely N-dealkylation sites (tertiary alicyclic amines) is 1. The molecule has 3 rings (SSSR count). The molecule has 1 N–H and O–H groups in total. The SMILES string of the molecule is Cc1cc(C)cc(C(c2ccccc2Br)N2CCCCC2C(=O)O)c1. The number of benzene rings is 2. The van der Waals surface area contributed by atoms with Crippen LogP contribution in [-0.4, -0.2) is 28.6 Å². The minimum atomic E-state index is -0.721. The number of aryl methyl sites for hydroxylation is 2. The van der Waals surface area contributed by atoms with Crippen molar-refractivity contribution in [2.75, 3.05) is 6.54 Å². The molecular weight excluding hydrogens is 378 g/mol. The Morgan fingerprint density at radius 3 is 2.48 bits per heavy atom. The fraction of sp³-hybridized carbons (Fsp3) is 0.381. The van der Waals surface area contributed by atoms with Crippen molar-refractivity contribution in [3.05, 3.63) is 69.2 Å². The third kappa shape index (κ3) is 3.96. The van der Waals surface area contributed by atoms with Crippen molar-refractivity contribution in [1.29, 1.82) is 0 Å². The maximum atomic E-state index is 11.9. The van der Waals surface area contributed by atoms with E-state index >= 15 is 0 Å². The number of piperidine rings is 1. The summed E-state index contributed by atoms with van der Waals surface area (Å²) in [5.74, 6) is -0.721. The normalized spacial score (nSPS) is 19.6. The highest BCUT2D eigenvalue weighted by Gasteiger charge is 2.35. The number of carbonyl (C=O) groups is 1. The molecule has 4 heteroatoms. The molecule has 0 bridgehead atoms. The summed E-state index contributed by atoms with van der Waals surface area (Å²) in [5, 5.41) is 9.78. The standard InChI is InChI=1S/C21H24BrNO2/c1-14-11-15(2)13-16(12-14)20(17-7-3-4-8-18(17)22)23-10-6-5-9-19(23)21(24)25/h3-4,7-8,11-13,19-20H,5-6,9-10H2,1-2H3,(H,24,25). The Morgan fingerprint density at radius 1 is 1.16 bits per heavy atom. The highest BCUT2D eigenvalue weighted by molar-refractivity contribution is 9.10. The molecule has 0 aliphatic carbocycles. The fourth-order valence-corrected chi connectivity index (χ4v) is 4.44. The molecule has 0 spiro atoms. The molecule has 2 atom stereocenters. The molecular formula is C21H24BrNO2. The summed E-state index contributed by atoms with van der Waals surface area (Å²) in [4.78, 5) is 14.1. The number of carboxylic acid groups (broad SMARTS) is 1. The second-order valence-electron chi connectivity index (χ2n) is 6.93. The molecule has 1 heterocycles. The molecule has 3 nitrogen and oxygen atoms in total. The molecule has 0 aromatic heterocycles. The molecule has 1 aliphatic rings. The first-order valence-corrected chi connectivity index (χ1v) is 9.58. The van der Waals surface area contributed by atoms with Crippen LogP contribution in [-0.2, 0) is 4.79 Å². The summed E-state index contributed by atoms with van der Waals surface area (Å²) in [6.45, 7) is 4.99. The van der Waals surface area contributed by atoms with Crippen molar-refractivity contribution < 1.29 is 9.90 Å². The van der Waals surface area contributed by atoms with Gasteiger partial charge in [0, 0.05) is 4.47 Å². The van der Waals surface area contributed by atoms with Crippen LogP contribution in [0.1, 0.15) is 47.6 Å². The molecule has 1 fully saturated rings. The van der Waals surface area contributed by atoms with Gasteiger partial charge in [0.05, 0.1) is 6.04 Å². The first-order valence-electron chi connectivity index (χ1n) is 8.78.